The van der Waals surface area contributed by atoms with E-state index < -0.39 is 0 Å². The predicted octanol–water partition coefficient (Wildman–Crippen LogP) is 2.68. The van der Waals surface area contributed by atoms with Gasteiger partial charge in [-0.3, -0.25) is 9.69 Å². The van der Waals surface area contributed by atoms with Gasteiger partial charge in [0.25, 0.3) is 0 Å². The Bertz CT molecular complexity index is 669. The van der Waals surface area contributed by atoms with Gasteiger partial charge in [-0.25, -0.2) is 0 Å². The number of hydrogen-bond donors (Lipinski definition) is 2. The molecule has 1 aliphatic rings. The van der Waals surface area contributed by atoms with Crippen molar-refractivity contribution in [2.45, 2.75) is 25.5 Å². The van der Waals surface area contributed by atoms with Gasteiger partial charge >= 0.3 is 0 Å². The molecule has 2 N–H and O–H groups in total. The summed E-state index contributed by atoms with van der Waals surface area (Å²) in [6.07, 6.45) is 8.20. The fraction of sp³-hybridized carbons (Fsp3) is 0.409. The third-order valence-electron chi connectivity index (χ3n) is 4.81. The second-order valence-corrected chi connectivity index (χ2v) is 6.84. The van der Waals surface area contributed by atoms with Gasteiger partial charge in [-0.1, -0.05) is 49.1 Å². The Balaban J connectivity index is 2.10. The molecule has 0 aromatic heterocycles. The van der Waals surface area contributed by atoms with Crippen molar-refractivity contribution in [1.82, 2.24) is 9.80 Å². The van der Waals surface area contributed by atoms with Gasteiger partial charge in [0.15, 0.2) is 0 Å². The number of likely N-dealkylation sites (N-methyl/N-ethyl adjacent to an activating group) is 1. The summed E-state index contributed by atoms with van der Waals surface area (Å²) in [5, 5.41) is 13.0. The molecule has 2 atom stereocenters. The Kier molecular flexibility index (Phi) is 8.30. The van der Waals surface area contributed by atoms with Crippen LogP contribution in [0.5, 0.6) is 0 Å². The van der Waals surface area contributed by atoms with Crippen molar-refractivity contribution in [3.63, 3.8) is 0 Å². The Morgan fingerprint density at radius 3 is 2.78 bits per heavy atom. The van der Waals surface area contributed by atoms with Gasteiger partial charge in [-0.15, -0.1) is 0 Å². The lowest BCUT2D eigenvalue weighted by molar-refractivity contribution is -0.129. The Morgan fingerprint density at radius 1 is 1.44 bits per heavy atom. The SMILES string of the molecule is C=C/C=C(\C=C/C)C(CN1CC[C@H](O)C1)N(C)C(=O)CNc1ccccc1. The van der Waals surface area contributed by atoms with Crippen LogP contribution >= 0.6 is 0 Å². The van der Waals surface area contributed by atoms with E-state index in [0.717, 1.165) is 24.2 Å². The molecule has 5 nitrogen and oxygen atoms in total. The Hall–Kier alpha value is -2.37. The van der Waals surface area contributed by atoms with Crippen LogP contribution in [-0.2, 0) is 4.79 Å². The van der Waals surface area contributed by atoms with Gasteiger partial charge in [-0.05, 0) is 31.1 Å². The monoisotopic (exact) mass is 369 g/mol. The molecule has 0 bridgehead atoms. The highest BCUT2D eigenvalue weighted by Gasteiger charge is 2.28. The number of likely N-dealkylation sites (tertiary alicyclic amines) is 1. The second-order valence-electron chi connectivity index (χ2n) is 6.84. The minimum absolute atomic E-state index is 0.0167. The lowest BCUT2D eigenvalue weighted by Crippen LogP contribution is -2.47. The molecule has 1 amide bonds. The lowest BCUT2D eigenvalue weighted by atomic mass is 10.0. The number of hydrogen-bond acceptors (Lipinski definition) is 4. The molecule has 0 spiro atoms. The molecule has 146 valence electrons. The molecule has 0 aliphatic carbocycles. The highest BCUT2D eigenvalue weighted by atomic mass is 16.3. The average Bonchev–Trinajstić information content (AvgIpc) is 3.09. The minimum atomic E-state index is -0.278. The normalized spacial score (nSPS) is 19.2. The van der Waals surface area contributed by atoms with Crippen LogP contribution in [0.4, 0.5) is 5.69 Å². The van der Waals surface area contributed by atoms with Crippen LogP contribution < -0.4 is 5.32 Å². The topological polar surface area (TPSA) is 55.8 Å². The first-order valence-corrected chi connectivity index (χ1v) is 9.45. The number of aliphatic hydroxyl groups excluding tert-OH is 1. The van der Waals surface area contributed by atoms with Gasteiger partial charge in [0, 0.05) is 32.4 Å². The third kappa shape index (κ3) is 6.38. The summed E-state index contributed by atoms with van der Waals surface area (Å²) in [4.78, 5) is 16.8. The van der Waals surface area contributed by atoms with E-state index in [4.69, 9.17) is 0 Å². The summed E-state index contributed by atoms with van der Waals surface area (Å²) in [5.74, 6) is 0.0167. The number of amides is 1. The number of carbonyl (C=O) groups is 1. The molecule has 0 radical (unpaired) electrons. The van der Waals surface area contributed by atoms with E-state index >= 15 is 0 Å². The Morgan fingerprint density at radius 2 is 2.19 bits per heavy atom. The maximum absolute atomic E-state index is 12.8. The van der Waals surface area contributed by atoms with Crippen LogP contribution in [0.15, 0.2) is 66.8 Å². The zero-order valence-corrected chi connectivity index (χ0v) is 16.3. The molecule has 5 heteroatoms. The number of carbonyl (C=O) groups excluding carboxylic acids is 1. The summed E-state index contributed by atoms with van der Waals surface area (Å²) in [6.45, 7) is 8.19. The van der Waals surface area contributed by atoms with Crippen LogP contribution in [0.3, 0.4) is 0 Å². The Labute approximate surface area is 162 Å². The van der Waals surface area contributed by atoms with E-state index in [2.05, 4.69) is 16.8 Å². The summed E-state index contributed by atoms with van der Waals surface area (Å²) in [5.41, 5.74) is 1.96. The standard InChI is InChI=1S/C22H31N3O2/c1-4-9-18(10-5-2)21(17-25-14-13-20(26)16-25)24(3)22(27)15-23-19-11-7-6-8-12-19/h4-12,20-21,23,26H,1,13-17H2,2-3H3/b10-5-,18-9+/t20-,21?/m0/s1. The van der Waals surface area contributed by atoms with Crippen molar-refractivity contribution >= 4 is 11.6 Å². The smallest absolute Gasteiger partial charge is 0.242 e. The molecule has 1 aromatic rings. The van der Waals surface area contributed by atoms with Gasteiger partial charge in [0.2, 0.25) is 5.91 Å². The first-order chi connectivity index (χ1) is 13.0. The van der Waals surface area contributed by atoms with Crippen molar-refractivity contribution in [2.75, 3.05) is 38.5 Å². The van der Waals surface area contributed by atoms with Crippen molar-refractivity contribution in [3.05, 3.63) is 66.8 Å². The van der Waals surface area contributed by atoms with E-state index in [0.29, 0.717) is 13.1 Å². The predicted molar refractivity (Wildman–Crippen MR) is 112 cm³/mol. The molecule has 1 aromatic carbocycles. The highest BCUT2D eigenvalue weighted by molar-refractivity contribution is 5.81. The first kappa shape index (κ1) is 20.9. The molecule has 2 rings (SSSR count). The number of para-hydroxylation sites is 1. The second kappa shape index (κ2) is 10.7. The number of nitrogens with zero attached hydrogens (tertiary/aromatic N) is 2. The van der Waals surface area contributed by atoms with E-state index in [9.17, 15) is 9.90 Å². The fourth-order valence-electron chi connectivity index (χ4n) is 3.31. The third-order valence-corrected chi connectivity index (χ3v) is 4.81. The molecule has 1 saturated heterocycles. The largest absolute Gasteiger partial charge is 0.392 e. The van der Waals surface area contributed by atoms with E-state index in [1.807, 2.05) is 62.5 Å². The van der Waals surface area contributed by atoms with Crippen molar-refractivity contribution in [3.8, 4) is 0 Å². The number of benzene rings is 1. The van der Waals surface area contributed by atoms with Crippen LogP contribution in [0.2, 0.25) is 0 Å². The van der Waals surface area contributed by atoms with Crippen LogP contribution in [-0.4, -0.2) is 66.2 Å². The van der Waals surface area contributed by atoms with Gasteiger partial charge in [-0.2, -0.15) is 0 Å². The number of allylic oxidation sites excluding steroid dienone is 3. The van der Waals surface area contributed by atoms with Crippen molar-refractivity contribution < 1.29 is 9.90 Å². The maximum atomic E-state index is 12.8. The number of rotatable bonds is 9. The van der Waals surface area contributed by atoms with Crippen LogP contribution in [0.1, 0.15) is 13.3 Å². The lowest BCUT2D eigenvalue weighted by Gasteiger charge is -2.33. The molecule has 1 fully saturated rings. The van der Waals surface area contributed by atoms with Gasteiger partial charge in [0.05, 0.1) is 18.7 Å². The van der Waals surface area contributed by atoms with E-state index in [1.54, 1.807) is 11.0 Å². The fourth-order valence-corrected chi connectivity index (χ4v) is 3.31. The molecule has 1 heterocycles. The summed E-state index contributed by atoms with van der Waals surface area (Å²) >= 11 is 0. The molecule has 1 unspecified atom stereocenters. The number of nitrogens with one attached hydrogen (secondary N) is 1. The van der Waals surface area contributed by atoms with Crippen molar-refractivity contribution in [1.29, 1.82) is 0 Å². The average molecular weight is 370 g/mol. The van der Waals surface area contributed by atoms with Crippen LogP contribution in [0, 0.1) is 0 Å². The molecule has 27 heavy (non-hydrogen) atoms. The highest BCUT2D eigenvalue weighted by Crippen LogP contribution is 2.18. The first-order valence-electron chi connectivity index (χ1n) is 9.45. The van der Waals surface area contributed by atoms with Gasteiger partial charge < -0.3 is 15.3 Å². The summed E-state index contributed by atoms with van der Waals surface area (Å²) < 4.78 is 0. The molecular formula is C22H31N3O2. The maximum Gasteiger partial charge on any atom is 0.242 e. The molecule has 1 aliphatic heterocycles. The van der Waals surface area contributed by atoms with Crippen LogP contribution in [0.25, 0.3) is 0 Å². The van der Waals surface area contributed by atoms with Crippen molar-refractivity contribution in [2.24, 2.45) is 0 Å². The molecule has 0 saturated carbocycles. The zero-order valence-electron chi connectivity index (χ0n) is 16.3. The van der Waals surface area contributed by atoms with E-state index in [1.165, 1.54) is 0 Å². The summed E-state index contributed by atoms with van der Waals surface area (Å²) in [6, 6.07) is 9.61. The number of anilines is 1. The van der Waals surface area contributed by atoms with E-state index in [-0.39, 0.29) is 24.6 Å². The zero-order chi connectivity index (χ0) is 19.6. The number of aliphatic hydroxyl groups is 1. The van der Waals surface area contributed by atoms with Gasteiger partial charge in [0.1, 0.15) is 0 Å². The number of β-amino-alcohol motifs (C(OH)–C–C–N with tert-alkyl or cyclic N) is 1. The minimum Gasteiger partial charge on any atom is -0.392 e. The summed E-state index contributed by atoms with van der Waals surface area (Å²) in [7, 11) is 1.84. The molecular weight excluding hydrogens is 338 g/mol. The quantitative estimate of drug-likeness (QED) is 0.657.